The average Bonchev–Trinajstić information content (AvgIpc) is 2.69. The fourth-order valence-corrected chi connectivity index (χ4v) is 1.84. The Labute approximate surface area is 95.8 Å². The van der Waals surface area contributed by atoms with Crippen molar-refractivity contribution in [3.63, 3.8) is 0 Å². The van der Waals surface area contributed by atoms with Gasteiger partial charge in [-0.2, -0.15) is 0 Å². The van der Waals surface area contributed by atoms with Crippen molar-refractivity contribution in [3.8, 4) is 5.75 Å². The van der Waals surface area contributed by atoms with Gasteiger partial charge in [0.05, 0.1) is 7.11 Å². The number of hydrogen-bond acceptors (Lipinski definition) is 2. The first-order chi connectivity index (χ1) is 7.72. The van der Waals surface area contributed by atoms with E-state index in [1.165, 1.54) is 11.1 Å². The molecule has 0 aliphatic heterocycles. The van der Waals surface area contributed by atoms with E-state index in [1.54, 1.807) is 7.11 Å². The summed E-state index contributed by atoms with van der Waals surface area (Å²) >= 11 is 0. The number of aromatic nitrogens is 1. The zero-order valence-electron chi connectivity index (χ0n) is 10.0. The van der Waals surface area contributed by atoms with E-state index >= 15 is 0 Å². The van der Waals surface area contributed by atoms with Gasteiger partial charge in [0, 0.05) is 29.7 Å². The van der Waals surface area contributed by atoms with Crippen molar-refractivity contribution in [2.75, 3.05) is 14.2 Å². The van der Waals surface area contributed by atoms with Gasteiger partial charge in [0.15, 0.2) is 0 Å². The van der Waals surface area contributed by atoms with Crippen LogP contribution in [0.25, 0.3) is 10.9 Å². The lowest BCUT2D eigenvalue weighted by molar-refractivity contribution is 0.415. The van der Waals surface area contributed by atoms with Gasteiger partial charge >= 0.3 is 0 Å². The van der Waals surface area contributed by atoms with E-state index in [9.17, 15) is 0 Å². The molecule has 0 radical (unpaired) electrons. The third-order valence-electron chi connectivity index (χ3n) is 2.90. The summed E-state index contributed by atoms with van der Waals surface area (Å²) in [6, 6.07) is 8.78. The zero-order chi connectivity index (χ0) is 11.5. The van der Waals surface area contributed by atoms with Crippen LogP contribution < -0.4 is 10.1 Å². The highest BCUT2D eigenvalue weighted by atomic mass is 16.5. The van der Waals surface area contributed by atoms with Crippen molar-refractivity contribution in [2.45, 2.75) is 19.4 Å². The second kappa shape index (κ2) is 4.58. The maximum absolute atomic E-state index is 5.20. The number of H-pyrrole nitrogens is 1. The second-order valence-electron chi connectivity index (χ2n) is 4.14. The number of methoxy groups -OCH3 is 1. The molecule has 0 amide bonds. The maximum Gasteiger partial charge on any atom is 0.120 e. The van der Waals surface area contributed by atoms with E-state index in [0.29, 0.717) is 6.04 Å². The van der Waals surface area contributed by atoms with Crippen molar-refractivity contribution in [3.05, 3.63) is 30.0 Å². The second-order valence-corrected chi connectivity index (χ2v) is 4.14. The van der Waals surface area contributed by atoms with E-state index in [-0.39, 0.29) is 0 Å². The Hall–Kier alpha value is -1.48. The van der Waals surface area contributed by atoms with Gasteiger partial charge in [0.25, 0.3) is 0 Å². The van der Waals surface area contributed by atoms with Crippen LogP contribution in [-0.2, 0) is 6.42 Å². The minimum atomic E-state index is 0.481. The van der Waals surface area contributed by atoms with Crippen molar-refractivity contribution in [1.29, 1.82) is 0 Å². The number of fused-ring (bicyclic) bond motifs is 1. The Morgan fingerprint density at radius 3 is 2.88 bits per heavy atom. The lowest BCUT2D eigenvalue weighted by atomic mass is 10.2. The number of ether oxygens (including phenoxy) is 1. The Balaban J connectivity index is 2.29. The molecule has 2 N–H and O–H groups in total. The molecule has 0 aliphatic rings. The quantitative estimate of drug-likeness (QED) is 0.826. The molecular formula is C13H18N2O. The summed E-state index contributed by atoms with van der Waals surface area (Å²) in [7, 11) is 3.67. The van der Waals surface area contributed by atoms with Crippen LogP contribution in [0.15, 0.2) is 24.3 Å². The van der Waals surface area contributed by atoms with E-state index in [4.69, 9.17) is 4.74 Å². The molecular weight excluding hydrogens is 200 g/mol. The van der Waals surface area contributed by atoms with Gasteiger partial charge < -0.3 is 15.0 Å². The van der Waals surface area contributed by atoms with Crippen LogP contribution >= 0.6 is 0 Å². The molecule has 86 valence electrons. The molecule has 3 nitrogen and oxygen atoms in total. The standard InChI is InChI=1S/C13H18N2O/c1-9(14-2)6-11-7-10-4-5-12(16-3)8-13(10)15-11/h4-5,7-9,14-15H,6H2,1-3H3. The smallest absolute Gasteiger partial charge is 0.120 e. The molecule has 0 fully saturated rings. The third-order valence-corrected chi connectivity index (χ3v) is 2.90. The number of nitrogens with one attached hydrogen (secondary N) is 2. The van der Waals surface area contributed by atoms with Crippen LogP contribution in [-0.4, -0.2) is 25.2 Å². The van der Waals surface area contributed by atoms with E-state index < -0.39 is 0 Å². The van der Waals surface area contributed by atoms with Crippen LogP contribution in [0, 0.1) is 0 Å². The topological polar surface area (TPSA) is 37.0 Å². The van der Waals surface area contributed by atoms with Gasteiger partial charge in [-0.25, -0.2) is 0 Å². The maximum atomic E-state index is 5.20. The molecule has 3 heteroatoms. The highest BCUT2D eigenvalue weighted by molar-refractivity contribution is 5.81. The summed E-state index contributed by atoms with van der Waals surface area (Å²) < 4.78 is 5.20. The lowest BCUT2D eigenvalue weighted by Crippen LogP contribution is -2.23. The van der Waals surface area contributed by atoms with Gasteiger partial charge in [-0.1, -0.05) is 0 Å². The van der Waals surface area contributed by atoms with E-state index in [0.717, 1.165) is 17.7 Å². The van der Waals surface area contributed by atoms with Crippen LogP contribution in [0.3, 0.4) is 0 Å². The number of benzene rings is 1. The highest BCUT2D eigenvalue weighted by Gasteiger charge is 2.05. The van der Waals surface area contributed by atoms with Gasteiger partial charge in [-0.05, 0) is 37.6 Å². The summed E-state index contributed by atoms with van der Waals surface area (Å²) in [4.78, 5) is 3.42. The molecule has 1 unspecified atom stereocenters. The van der Waals surface area contributed by atoms with Crippen molar-refractivity contribution < 1.29 is 4.74 Å². The molecule has 0 spiro atoms. The van der Waals surface area contributed by atoms with Gasteiger partial charge in [0.2, 0.25) is 0 Å². The van der Waals surface area contributed by atoms with Crippen molar-refractivity contribution in [2.24, 2.45) is 0 Å². The molecule has 1 heterocycles. The molecule has 16 heavy (non-hydrogen) atoms. The molecule has 0 aliphatic carbocycles. The number of likely N-dealkylation sites (N-methyl/N-ethyl adjacent to an activating group) is 1. The molecule has 0 saturated carbocycles. The summed E-state index contributed by atoms with van der Waals surface area (Å²) in [5.41, 5.74) is 2.39. The Morgan fingerprint density at radius 1 is 1.38 bits per heavy atom. The molecule has 1 atom stereocenters. The summed E-state index contributed by atoms with van der Waals surface area (Å²) in [5, 5.41) is 4.47. The van der Waals surface area contributed by atoms with Gasteiger partial charge in [0.1, 0.15) is 5.75 Å². The summed E-state index contributed by atoms with van der Waals surface area (Å²) in [6.45, 7) is 2.17. The first kappa shape index (κ1) is 11.0. The van der Waals surface area contributed by atoms with Crippen LogP contribution in [0.2, 0.25) is 0 Å². The van der Waals surface area contributed by atoms with Crippen molar-refractivity contribution >= 4 is 10.9 Å². The highest BCUT2D eigenvalue weighted by Crippen LogP contribution is 2.21. The molecule has 1 aromatic heterocycles. The third kappa shape index (κ3) is 2.19. The fourth-order valence-electron chi connectivity index (χ4n) is 1.84. The van der Waals surface area contributed by atoms with Crippen LogP contribution in [0.4, 0.5) is 0 Å². The monoisotopic (exact) mass is 218 g/mol. The normalized spacial score (nSPS) is 12.9. The molecule has 0 saturated heterocycles. The number of rotatable bonds is 4. The van der Waals surface area contributed by atoms with Crippen LogP contribution in [0.5, 0.6) is 5.75 Å². The van der Waals surface area contributed by atoms with E-state index in [2.05, 4.69) is 29.4 Å². The predicted molar refractivity (Wildman–Crippen MR) is 67.1 cm³/mol. The zero-order valence-corrected chi connectivity index (χ0v) is 10.0. The molecule has 1 aromatic carbocycles. The number of aromatic amines is 1. The Bertz CT molecular complexity index is 476. The van der Waals surface area contributed by atoms with Crippen molar-refractivity contribution in [1.82, 2.24) is 10.3 Å². The average molecular weight is 218 g/mol. The first-order valence-corrected chi connectivity index (χ1v) is 5.56. The number of hydrogen-bond donors (Lipinski definition) is 2. The summed E-state index contributed by atoms with van der Waals surface area (Å²) in [6.07, 6.45) is 1.01. The minimum absolute atomic E-state index is 0.481. The lowest BCUT2D eigenvalue weighted by Gasteiger charge is -2.07. The first-order valence-electron chi connectivity index (χ1n) is 5.56. The molecule has 2 rings (SSSR count). The van der Waals surface area contributed by atoms with E-state index in [1.807, 2.05) is 19.2 Å². The SMILES string of the molecule is CNC(C)Cc1cc2ccc(OC)cc2[nH]1. The van der Waals surface area contributed by atoms with Gasteiger partial charge in [-0.15, -0.1) is 0 Å². The minimum Gasteiger partial charge on any atom is -0.497 e. The molecule has 2 aromatic rings. The largest absolute Gasteiger partial charge is 0.497 e. The molecule has 0 bridgehead atoms. The predicted octanol–water partition coefficient (Wildman–Crippen LogP) is 2.33. The Morgan fingerprint density at radius 2 is 2.19 bits per heavy atom. The summed E-state index contributed by atoms with van der Waals surface area (Å²) in [5.74, 6) is 0.891. The Kier molecular flexibility index (Phi) is 3.15. The van der Waals surface area contributed by atoms with Crippen LogP contribution in [0.1, 0.15) is 12.6 Å². The fraction of sp³-hybridized carbons (Fsp3) is 0.385. The van der Waals surface area contributed by atoms with Gasteiger partial charge in [-0.3, -0.25) is 0 Å².